The normalized spacial score (nSPS) is 9.13. The molecule has 0 radical (unpaired) electrons. The number of anilines is 1. The van der Waals surface area contributed by atoms with Gasteiger partial charge in [-0.25, -0.2) is 0 Å². The maximum atomic E-state index is 10.5. The van der Waals surface area contributed by atoms with E-state index in [2.05, 4.69) is 5.73 Å². The predicted molar refractivity (Wildman–Crippen MR) is 62.1 cm³/mol. The van der Waals surface area contributed by atoms with Crippen molar-refractivity contribution in [1.82, 2.24) is 0 Å². The minimum Gasteiger partial charge on any atom is -0.398 e. The first-order valence-corrected chi connectivity index (χ1v) is 5.85. The van der Waals surface area contributed by atoms with Crippen molar-refractivity contribution in [2.24, 2.45) is 5.73 Å². The summed E-state index contributed by atoms with van der Waals surface area (Å²) in [7, 11) is -2.66. The molecule has 5 nitrogen and oxygen atoms in total. The Labute approximate surface area is 90.8 Å². The maximum Gasteiger partial charge on any atom is 0.296 e. The van der Waals surface area contributed by atoms with E-state index in [4.69, 9.17) is 10.3 Å². The molecule has 15 heavy (non-hydrogen) atoms. The minimum atomic E-state index is -4.16. The molecule has 0 atom stereocenters. The second-order valence-electron chi connectivity index (χ2n) is 2.01. The molecule has 0 bridgehead atoms. The molecule has 0 aliphatic carbocycles. The lowest BCUT2D eigenvalue weighted by Crippen LogP contribution is -2.01. The SMILES string of the molecule is CC.CN.Nc1ccccc1S(=O)(=O)O. The first-order valence-electron chi connectivity index (χ1n) is 4.41. The van der Waals surface area contributed by atoms with E-state index in [-0.39, 0.29) is 10.6 Å². The van der Waals surface area contributed by atoms with Crippen LogP contribution < -0.4 is 11.5 Å². The first kappa shape index (κ1) is 16.3. The smallest absolute Gasteiger partial charge is 0.296 e. The Bertz CT molecular complexity index is 363. The van der Waals surface area contributed by atoms with Gasteiger partial charge >= 0.3 is 0 Å². The number of nitrogens with two attached hydrogens (primary N) is 2. The zero-order chi connectivity index (χ0) is 12.5. The molecule has 0 saturated carbocycles. The van der Waals surface area contributed by atoms with Crippen molar-refractivity contribution in [3.63, 3.8) is 0 Å². The molecule has 0 spiro atoms. The molecule has 1 aromatic carbocycles. The Kier molecular flexibility index (Phi) is 8.94. The lowest BCUT2D eigenvalue weighted by Gasteiger charge is -1.98. The van der Waals surface area contributed by atoms with Crippen LogP contribution in [0.2, 0.25) is 0 Å². The fourth-order valence-corrected chi connectivity index (χ4v) is 1.33. The van der Waals surface area contributed by atoms with Gasteiger partial charge in [-0.05, 0) is 19.2 Å². The zero-order valence-corrected chi connectivity index (χ0v) is 9.95. The second-order valence-corrected chi connectivity index (χ2v) is 3.40. The summed E-state index contributed by atoms with van der Waals surface area (Å²) in [6.07, 6.45) is 0. The van der Waals surface area contributed by atoms with Crippen LogP contribution in [0.4, 0.5) is 5.69 Å². The minimum absolute atomic E-state index is 0.0509. The highest BCUT2D eigenvalue weighted by atomic mass is 32.2. The summed E-state index contributed by atoms with van der Waals surface area (Å²) >= 11 is 0. The van der Waals surface area contributed by atoms with Crippen LogP contribution in [0.5, 0.6) is 0 Å². The Morgan fingerprint density at radius 1 is 1.13 bits per heavy atom. The molecule has 0 amide bonds. The van der Waals surface area contributed by atoms with Gasteiger partial charge in [-0.15, -0.1) is 0 Å². The third-order valence-electron chi connectivity index (χ3n) is 1.20. The molecule has 1 aromatic rings. The molecular weight excluding hydrogens is 216 g/mol. The Hall–Kier alpha value is -1.11. The van der Waals surface area contributed by atoms with Crippen LogP contribution in [0.25, 0.3) is 0 Å². The second kappa shape index (κ2) is 8.22. The lowest BCUT2D eigenvalue weighted by molar-refractivity contribution is 0.483. The first-order chi connectivity index (χ1) is 7.02. The van der Waals surface area contributed by atoms with Crippen molar-refractivity contribution in [3.8, 4) is 0 Å². The molecule has 0 saturated heterocycles. The van der Waals surface area contributed by atoms with E-state index in [1.54, 1.807) is 6.07 Å². The van der Waals surface area contributed by atoms with Crippen molar-refractivity contribution < 1.29 is 13.0 Å². The van der Waals surface area contributed by atoms with E-state index in [0.29, 0.717) is 0 Å². The molecule has 0 fully saturated rings. The van der Waals surface area contributed by atoms with E-state index >= 15 is 0 Å². The molecule has 0 aromatic heterocycles. The van der Waals surface area contributed by atoms with Crippen LogP contribution in [-0.4, -0.2) is 20.0 Å². The van der Waals surface area contributed by atoms with Crippen molar-refractivity contribution in [3.05, 3.63) is 24.3 Å². The third-order valence-corrected chi connectivity index (χ3v) is 2.12. The van der Waals surface area contributed by atoms with E-state index in [0.717, 1.165) is 0 Å². The quantitative estimate of drug-likeness (QED) is 0.498. The molecule has 1 rings (SSSR count). The van der Waals surface area contributed by atoms with Gasteiger partial charge in [0.1, 0.15) is 4.90 Å². The number of nitrogen functional groups attached to an aromatic ring is 1. The van der Waals surface area contributed by atoms with Crippen molar-refractivity contribution in [1.29, 1.82) is 0 Å². The van der Waals surface area contributed by atoms with E-state index in [9.17, 15) is 8.42 Å². The van der Waals surface area contributed by atoms with Crippen LogP contribution in [0.1, 0.15) is 13.8 Å². The van der Waals surface area contributed by atoms with Crippen molar-refractivity contribution in [2.75, 3.05) is 12.8 Å². The molecule has 0 unspecified atom stereocenters. The van der Waals surface area contributed by atoms with Crippen LogP contribution in [0.3, 0.4) is 0 Å². The summed E-state index contributed by atoms with van der Waals surface area (Å²) in [6, 6.07) is 5.72. The van der Waals surface area contributed by atoms with Gasteiger partial charge in [-0.1, -0.05) is 26.0 Å². The number of para-hydroxylation sites is 1. The van der Waals surface area contributed by atoms with E-state index in [1.807, 2.05) is 13.8 Å². The van der Waals surface area contributed by atoms with Gasteiger partial charge in [0.05, 0.1) is 5.69 Å². The average Bonchev–Trinajstić information content (AvgIpc) is 2.23. The van der Waals surface area contributed by atoms with E-state index < -0.39 is 10.1 Å². The van der Waals surface area contributed by atoms with Gasteiger partial charge in [0.2, 0.25) is 0 Å². The van der Waals surface area contributed by atoms with Gasteiger partial charge in [0.25, 0.3) is 10.1 Å². The predicted octanol–water partition coefficient (Wildman–Crippen LogP) is 1.12. The highest BCUT2D eigenvalue weighted by Gasteiger charge is 2.11. The van der Waals surface area contributed by atoms with Gasteiger partial charge in [0.15, 0.2) is 0 Å². The molecule has 0 heterocycles. The Morgan fingerprint density at radius 3 is 1.80 bits per heavy atom. The van der Waals surface area contributed by atoms with E-state index in [1.165, 1.54) is 25.2 Å². The molecule has 88 valence electrons. The molecular formula is C9H18N2O3S. The maximum absolute atomic E-state index is 10.5. The standard InChI is InChI=1S/C6H7NO3S.C2H6.CH5N/c7-5-3-1-2-4-6(5)11(8,9)10;2*1-2/h1-4H,7H2,(H,8,9,10);1-2H3;2H2,1H3. The summed E-state index contributed by atoms with van der Waals surface area (Å²) in [5.41, 5.74) is 9.82. The third kappa shape index (κ3) is 6.05. The monoisotopic (exact) mass is 234 g/mol. The van der Waals surface area contributed by atoms with Crippen LogP contribution in [0.15, 0.2) is 29.2 Å². The zero-order valence-electron chi connectivity index (χ0n) is 9.14. The van der Waals surface area contributed by atoms with Gasteiger partial charge in [-0.3, -0.25) is 4.55 Å². The fourth-order valence-electron chi connectivity index (χ4n) is 0.715. The van der Waals surface area contributed by atoms with Gasteiger partial charge < -0.3 is 11.5 Å². The van der Waals surface area contributed by atoms with Crippen molar-refractivity contribution >= 4 is 15.8 Å². The van der Waals surface area contributed by atoms with Crippen LogP contribution in [-0.2, 0) is 10.1 Å². The van der Waals surface area contributed by atoms with Gasteiger partial charge in [0, 0.05) is 0 Å². The molecule has 0 aliphatic rings. The summed E-state index contributed by atoms with van der Waals surface area (Å²) in [6.45, 7) is 4.00. The van der Waals surface area contributed by atoms with Crippen LogP contribution in [0, 0.1) is 0 Å². The highest BCUT2D eigenvalue weighted by molar-refractivity contribution is 7.86. The summed E-state index contributed by atoms with van der Waals surface area (Å²) in [5, 5.41) is 0. The molecule has 6 heteroatoms. The molecule has 0 aliphatic heterocycles. The number of hydrogen-bond acceptors (Lipinski definition) is 4. The lowest BCUT2D eigenvalue weighted by atomic mass is 10.3. The number of hydrogen-bond donors (Lipinski definition) is 3. The number of rotatable bonds is 1. The summed E-state index contributed by atoms with van der Waals surface area (Å²) < 4.78 is 29.6. The number of benzene rings is 1. The Balaban J connectivity index is 0. The van der Waals surface area contributed by atoms with Crippen molar-refractivity contribution in [2.45, 2.75) is 18.7 Å². The summed E-state index contributed by atoms with van der Waals surface area (Å²) in [4.78, 5) is -0.250. The highest BCUT2D eigenvalue weighted by Crippen LogP contribution is 2.15. The Morgan fingerprint density at radius 2 is 1.53 bits per heavy atom. The van der Waals surface area contributed by atoms with Crippen LogP contribution >= 0.6 is 0 Å². The topological polar surface area (TPSA) is 106 Å². The summed E-state index contributed by atoms with van der Waals surface area (Å²) in [5.74, 6) is 0. The largest absolute Gasteiger partial charge is 0.398 e. The average molecular weight is 234 g/mol. The molecule has 5 N–H and O–H groups in total. The fraction of sp³-hybridized carbons (Fsp3) is 0.333. The van der Waals surface area contributed by atoms with Gasteiger partial charge in [-0.2, -0.15) is 8.42 Å².